The minimum Gasteiger partial charge on any atom is -0.489 e. The van der Waals surface area contributed by atoms with Crippen LogP contribution in [0.3, 0.4) is 0 Å². The van der Waals surface area contributed by atoms with Gasteiger partial charge < -0.3 is 25.0 Å². The molecule has 6 rings (SSSR count). The summed E-state index contributed by atoms with van der Waals surface area (Å²) in [7, 11) is 1.53. The van der Waals surface area contributed by atoms with Crippen molar-refractivity contribution < 1.29 is 28.7 Å². The number of nitrogens with zero attached hydrogens (tertiary/aromatic N) is 2. The number of fused-ring (bicyclic) bond motifs is 2. The van der Waals surface area contributed by atoms with Gasteiger partial charge in [0.1, 0.15) is 36.1 Å². The number of aryl methyl sites for hydroxylation is 1. The Bertz CT molecular complexity index is 1800. The van der Waals surface area contributed by atoms with Gasteiger partial charge in [0.15, 0.2) is 0 Å². The Morgan fingerprint density at radius 3 is 2.33 bits per heavy atom. The minimum absolute atomic E-state index is 0.106. The number of carbonyl (C=O) groups excluding carboxylic acids is 4. The second-order valence-electron chi connectivity index (χ2n) is 16.2. The van der Waals surface area contributed by atoms with Crippen molar-refractivity contribution in [3.63, 3.8) is 0 Å². The maximum absolute atomic E-state index is 15.1. The first-order valence-electron chi connectivity index (χ1n) is 19.6. The highest BCUT2D eigenvalue weighted by Gasteiger charge is 2.42. The summed E-state index contributed by atoms with van der Waals surface area (Å²) in [5.41, 5.74) is 4.58. The quantitative estimate of drug-likeness (QED) is 0.231. The van der Waals surface area contributed by atoms with Gasteiger partial charge in [0.2, 0.25) is 17.7 Å². The zero-order chi connectivity index (χ0) is 38.4. The van der Waals surface area contributed by atoms with Crippen LogP contribution >= 0.6 is 0 Å². The lowest BCUT2D eigenvalue weighted by Crippen LogP contribution is -2.61. The third-order valence-corrected chi connectivity index (χ3v) is 11.2. The van der Waals surface area contributed by atoms with Crippen molar-refractivity contribution in [3.8, 4) is 5.75 Å². The molecule has 0 bridgehead atoms. The van der Waals surface area contributed by atoms with Crippen molar-refractivity contribution in [2.75, 3.05) is 7.05 Å². The molecule has 2 aliphatic carbocycles. The lowest BCUT2D eigenvalue weighted by Gasteiger charge is -2.41. The fourth-order valence-corrected chi connectivity index (χ4v) is 8.00. The van der Waals surface area contributed by atoms with Crippen molar-refractivity contribution in [2.24, 2.45) is 5.92 Å². The number of rotatable bonds is 10. The molecule has 1 heterocycles. The van der Waals surface area contributed by atoms with E-state index in [0.717, 1.165) is 73.6 Å². The summed E-state index contributed by atoms with van der Waals surface area (Å²) in [6.45, 7) is 7.56. The Morgan fingerprint density at radius 2 is 1.59 bits per heavy atom. The molecule has 0 aromatic heterocycles. The molecule has 4 amide bonds. The van der Waals surface area contributed by atoms with Crippen LogP contribution in [0.1, 0.15) is 106 Å². The number of nitrogens with one attached hydrogen (secondary N) is 2. The second-order valence-corrected chi connectivity index (χ2v) is 16.2. The highest BCUT2D eigenvalue weighted by Crippen LogP contribution is 2.34. The molecule has 0 saturated heterocycles. The second kappa shape index (κ2) is 17.1. The van der Waals surface area contributed by atoms with Crippen LogP contribution in [0.15, 0.2) is 72.8 Å². The van der Waals surface area contributed by atoms with Crippen LogP contribution < -0.4 is 15.4 Å². The molecule has 0 spiro atoms. The minimum atomic E-state index is -0.893. The SMILES string of the molecule is CC(C(=O)NC(C(=O)N1Cc2cc(OCc3ccccc3)ccc2C[C@H]1C(=O)N[C@H]1CCCc2ccccc21)C1CCCCC1)N(C)C(=O)OC(C)(C)C. The number of benzene rings is 3. The third-order valence-electron chi connectivity index (χ3n) is 11.2. The summed E-state index contributed by atoms with van der Waals surface area (Å²) >= 11 is 0. The van der Waals surface area contributed by atoms with E-state index in [9.17, 15) is 14.4 Å². The van der Waals surface area contributed by atoms with Gasteiger partial charge in [0.25, 0.3) is 0 Å². The number of carbonyl (C=O) groups is 4. The standard InChI is InChI=1S/C44H56N4O6/c1-29(47(5)43(52)54-44(2,3)4)40(49)46-39(32-18-10-7-11-19-32)42(51)48-27-34-25-35(53-28-30-15-8-6-9-16-30)24-23-33(34)26-38(48)41(50)45-37-22-14-20-31-17-12-13-21-36(31)37/h6,8-9,12-13,15-17,21,23-25,29,32,37-39H,7,10-11,14,18-20,22,26-28H2,1-5H3,(H,45,50)(H,46,49)/t29?,37-,38-,39?/m0/s1. The van der Waals surface area contributed by atoms with E-state index in [4.69, 9.17) is 9.47 Å². The molecule has 288 valence electrons. The van der Waals surface area contributed by atoms with Crippen molar-refractivity contribution in [1.29, 1.82) is 0 Å². The smallest absolute Gasteiger partial charge is 0.410 e. The summed E-state index contributed by atoms with van der Waals surface area (Å²) in [5, 5.41) is 6.40. The lowest BCUT2D eigenvalue weighted by atomic mass is 9.82. The molecule has 2 N–H and O–H groups in total. The maximum Gasteiger partial charge on any atom is 0.410 e. The first-order valence-corrected chi connectivity index (χ1v) is 19.6. The highest BCUT2D eigenvalue weighted by atomic mass is 16.6. The van der Waals surface area contributed by atoms with E-state index < -0.39 is 35.7 Å². The first kappa shape index (κ1) is 38.9. The van der Waals surface area contributed by atoms with Crippen LogP contribution in [0.4, 0.5) is 4.79 Å². The van der Waals surface area contributed by atoms with Gasteiger partial charge in [-0.15, -0.1) is 0 Å². The summed E-state index contributed by atoms with van der Waals surface area (Å²) in [4.78, 5) is 59.2. The number of hydrogen-bond acceptors (Lipinski definition) is 6. The Morgan fingerprint density at radius 1 is 0.870 bits per heavy atom. The molecule has 1 saturated carbocycles. The summed E-state index contributed by atoms with van der Waals surface area (Å²) in [6.07, 6.45) is 7.02. The molecular weight excluding hydrogens is 681 g/mol. The Kier molecular flexibility index (Phi) is 12.3. The van der Waals surface area contributed by atoms with Gasteiger partial charge in [-0.2, -0.15) is 0 Å². The van der Waals surface area contributed by atoms with Crippen LogP contribution in [0.25, 0.3) is 0 Å². The van der Waals surface area contributed by atoms with E-state index in [-0.39, 0.29) is 30.3 Å². The highest BCUT2D eigenvalue weighted by molar-refractivity contribution is 5.94. The molecular formula is C44H56N4O6. The van der Waals surface area contributed by atoms with Gasteiger partial charge in [-0.05, 0) is 106 Å². The molecule has 1 aliphatic heterocycles. The molecule has 3 aromatic rings. The topological polar surface area (TPSA) is 117 Å². The number of amides is 4. The Labute approximate surface area is 320 Å². The number of ether oxygens (including phenoxy) is 2. The lowest BCUT2D eigenvalue weighted by molar-refractivity contribution is -0.146. The van der Waals surface area contributed by atoms with E-state index in [2.05, 4.69) is 22.8 Å². The van der Waals surface area contributed by atoms with Crippen molar-refractivity contribution >= 4 is 23.8 Å². The van der Waals surface area contributed by atoms with Gasteiger partial charge in [-0.1, -0.05) is 79.9 Å². The van der Waals surface area contributed by atoms with Crippen LogP contribution in [0.2, 0.25) is 0 Å². The average molecular weight is 737 g/mol. The Balaban J connectivity index is 1.28. The van der Waals surface area contributed by atoms with Crippen LogP contribution in [-0.2, 0) is 45.1 Å². The molecule has 4 atom stereocenters. The van der Waals surface area contributed by atoms with E-state index >= 15 is 4.79 Å². The largest absolute Gasteiger partial charge is 0.489 e. The van der Waals surface area contributed by atoms with E-state index in [1.165, 1.54) is 17.5 Å². The van der Waals surface area contributed by atoms with E-state index in [1.54, 1.807) is 32.6 Å². The third kappa shape index (κ3) is 9.43. The predicted molar refractivity (Wildman–Crippen MR) is 207 cm³/mol. The monoisotopic (exact) mass is 736 g/mol. The fraction of sp³-hybridized carbons (Fsp3) is 0.500. The van der Waals surface area contributed by atoms with Crippen molar-refractivity contribution in [3.05, 3.63) is 101 Å². The molecule has 10 nitrogen and oxygen atoms in total. The van der Waals surface area contributed by atoms with Crippen LogP contribution in [0, 0.1) is 5.92 Å². The normalized spacial score (nSPS) is 19.7. The molecule has 10 heteroatoms. The Hall–Kier alpha value is -4.86. The van der Waals surface area contributed by atoms with Gasteiger partial charge in [-0.25, -0.2) is 4.79 Å². The van der Waals surface area contributed by atoms with Crippen molar-refractivity contribution in [2.45, 2.75) is 128 Å². The van der Waals surface area contributed by atoms with Crippen molar-refractivity contribution in [1.82, 2.24) is 20.4 Å². The molecule has 54 heavy (non-hydrogen) atoms. The van der Waals surface area contributed by atoms with Crippen LogP contribution in [-0.4, -0.2) is 64.4 Å². The molecule has 0 radical (unpaired) electrons. The summed E-state index contributed by atoms with van der Waals surface area (Å²) in [5.74, 6) is -0.353. The zero-order valence-corrected chi connectivity index (χ0v) is 32.4. The summed E-state index contributed by atoms with van der Waals surface area (Å²) in [6, 6.07) is 21.4. The predicted octanol–water partition coefficient (Wildman–Crippen LogP) is 7.03. The maximum atomic E-state index is 15.1. The number of hydrogen-bond donors (Lipinski definition) is 2. The molecule has 2 unspecified atom stereocenters. The van der Waals surface area contributed by atoms with Gasteiger partial charge in [0, 0.05) is 20.0 Å². The van der Waals surface area contributed by atoms with Gasteiger partial charge in [-0.3, -0.25) is 19.3 Å². The first-order chi connectivity index (χ1) is 25.9. The van der Waals surface area contributed by atoms with Crippen LogP contribution in [0.5, 0.6) is 5.75 Å². The molecule has 3 aromatic carbocycles. The number of likely N-dealkylation sites (N-methyl/N-ethyl adjacent to an activating group) is 1. The van der Waals surface area contributed by atoms with Gasteiger partial charge >= 0.3 is 6.09 Å². The molecule has 1 fully saturated rings. The molecule has 3 aliphatic rings. The zero-order valence-electron chi connectivity index (χ0n) is 32.4. The van der Waals surface area contributed by atoms with E-state index in [0.29, 0.717) is 18.8 Å². The van der Waals surface area contributed by atoms with Gasteiger partial charge in [0.05, 0.1) is 6.04 Å². The average Bonchev–Trinajstić information content (AvgIpc) is 3.17. The fourth-order valence-electron chi connectivity index (χ4n) is 8.00. The summed E-state index contributed by atoms with van der Waals surface area (Å²) < 4.78 is 11.7. The van der Waals surface area contributed by atoms with E-state index in [1.807, 2.05) is 60.7 Å².